The van der Waals surface area contributed by atoms with E-state index in [1.165, 1.54) is 12.1 Å². The average molecular weight is 349 g/mol. The van der Waals surface area contributed by atoms with Gasteiger partial charge >= 0.3 is 0 Å². The summed E-state index contributed by atoms with van der Waals surface area (Å²) in [4.78, 5) is 6.45. The summed E-state index contributed by atoms with van der Waals surface area (Å²) in [7, 11) is 1.93. The summed E-state index contributed by atoms with van der Waals surface area (Å²) in [6.07, 6.45) is 1.73. The van der Waals surface area contributed by atoms with Crippen LogP contribution in [0, 0.1) is 5.82 Å². The van der Waals surface area contributed by atoms with E-state index in [0.29, 0.717) is 16.6 Å². The zero-order valence-corrected chi connectivity index (χ0v) is 13.9. The molecule has 2 heterocycles. The summed E-state index contributed by atoms with van der Waals surface area (Å²) in [6.45, 7) is 0.493. The Morgan fingerprint density at radius 3 is 2.78 bits per heavy atom. The maximum atomic E-state index is 13.7. The van der Waals surface area contributed by atoms with Gasteiger partial charge in [0, 0.05) is 24.3 Å². The number of pyridine rings is 1. The Morgan fingerprint density at radius 2 is 2.13 bits per heavy atom. The van der Waals surface area contributed by atoms with E-state index in [9.17, 15) is 4.39 Å². The van der Waals surface area contributed by atoms with E-state index in [0.717, 1.165) is 22.8 Å². The lowest BCUT2D eigenvalue weighted by atomic mass is 10.0. The van der Waals surface area contributed by atoms with Crippen LogP contribution in [0.1, 0.15) is 23.0 Å². The summed E-state index contributed by atoms with van der Waals surface area (Å²) in [5.74, 6) is -0.273. The number of nitrogens with zero attached hydrogens (tertiary/aromatic N) is 4. The van der Waals surface area contributed by atoms with Crippen LogP contribution in [0.4, 0.5) is 4.39 Å². The van der Waals surface area contributed by atoms with Crippen LogP contribution in [0.15, 0.2) is 48.7 Å². The number of aromatic nitrogens is 3. The van der Waals surface area contributed by atoms with Crippen LogP contribution in [0.5, 0.6) is 0 Å². The monoisotopic (exact) mass is 348 g/mol. The van der Waals surface area contributed by atoms with Gasteiger partial charge < -0.3 is 0 Å². The van der Waals surface area contributed by atoms with Crippen LogP contribution in [0.25, 0.3) is 0 Å². The molecule has 0 N–H and O–H groups in total. The van der Waals surface area contributed by atoms with Crippen LogP contribution in [0.3, 0.4) is 0 Å². The normalized spacial score (nSPS) is 12.5. The fraction of sp³-hybridized carbons (Fsp3) is 0.188. The van der Waals surface area contributed by atoms with Gasteiger partial charge in [-0.2, -0.15) is 0 Å². The number of hydrogen-bond acceptors (Lipinski definition) is 5. The van der Waals surface area contributed by atoms with E-state index in [4.69, 9.17) is 11.6 Å². The largest absolute Gasteiger partial charge is 0.288 e. The van der Waals surface area contributed by atoms with Crippen LogP contribution in [-0.2, 0) is 6.54 Å². The molecule has 0 amide bonds. The molecule has 1 atom stereocenters. The molecule has 118 valence electrons. The van der Waals surface area contributed by atoms with Gasteiger partial charge in [0.2, 0.25) is 0 Å². The Labute approximate surface area is 142 Å². The molecular formula is C16H14ClFN4S. The first-order valence-electron chi connectivity index (χ1n) is 6.98. The Hall–Kier alpha value is -1.89. The second-order valence-corrected chi connectivity index (χ2v) is 6.48. The van der Waals surface area contributed by atoms with Gasteiger partial charge in [0.05, 0.1) is 11.7 Å². The molecule has 0 fully saturated rings. The van der Waals surface area contributed by atoms with Crippen molar-refractivity contribution < 1.29 is 4.39 Å². The first-order valence-corrected chi connectivity index (χ1v) is 8.13. The summed E-state index contributed by atoms with van der Waals surface area (Å²) < 4.78 is 18.1. The van der Waals surface area contributed by atoms with Gasteiger partial charge in [-0.05, 0) is 36.9 Å². The number of rotatable bonds is 5. The molecule has 0 aliphatic heterocycles. The van der Waals surface area contributed by atoms with Gasteiger partial charge in [-0.3, -0.25) is 9.88 Å². The molecule has 3 aromatic rings. The Bertz CT molecular complexity index is 781. The van der Waals surface area contributed by atoms with Gasteiger partial charge in [-0.25, -0.2) is 4.39 Å². The molecule has 0 saturated carbocycles. The van der Waals surface area contributed by atoms with Gasteiger partial charge in [0.1, 0.15) is 15.8 Å². The van der Waals surface area contributed by atoms with Crippen molar-refractivity contribution in [3.8, 4) is 0 Å². The van der Waals surface area contributed by atoms with E-state index in [2.05, 4.69) is 14.6 Å². The van der Waals surface area contributed by atoms with Crippen LogP contribution < -0.4 is 0 Å². The van der Waals surface area contributed by atoms with Gasteiger partial charge in [-0.1, -0.05) is 34.3 Å². The van der Waals surface area contributed by atoms with Gasteiger partial charge in [0.15, 0.2) is 0 Å². The van der Waals surface area contributed by atoms with Crippen LogP contribution >= 0.6 is 23.1 Å². The molecule has 4 nitrogen and oxygen atoms in total. The third kappa shape index (κ3) is 3.72. The van der Waals surface area contributed by atoms with Gasteiger partial charge in [-0.15, -0.1) is 5.10 Å². The molecule has 23 heavy (non-hydrogen) atoms. The van der Waals surface area contributed by atoms with Crippen molar-refractivity contribution in [1.82, 2.24) is 19.5 Å². The third-order valence-electron chi connectivity index (χ3n) is 3.48. The summed E-state index contributed by atoms with van der Waals surface area (Å²) in [5, 5.41) is 4.04. The van der Waals surface area contributed by atoms with Crippen molar-refractivity contribution in [2.24, 2.45) is 0 Å². The maximum Gasteiger partial charge on any atom is 0.138 e. The molecule has 0 aliphatic carbocycles. The zero-order chi connectivity index (χ0) is 16.2. The Kier molecular flexibility index (Phi) is 4.95. The fourth-order valence-corrected chi connectivity index (χ4v) is 3.10. The maximum absolute atomic E-state index is 13.7. The first-order chi connectivity index (χ1) is 11.1. The van der Waals surface area contributed by atoms with Crippen molar-refractivity contribution >= 4 is 23.1 Å². The minimum absolute atomic E-state index is 0.204. The lowest BCUT2D eigenvalue weighted by Gasteiger charge is -2.27. The predicted octanol–water partition coefficient (Wildman–Crippen LogP) is 3.95. The van der Waals surface area contributed by atoms with E-state index in [1.807, 2.05) is 36.2 Å². The molecule has 0 aliphatic rings. The highest BCUT2D eigenvalue weighted by atomic mass is 35.5. The van der Waals surface area contributed by atoms with E-state index in [1.54, 1.807) is 12.3 Å². The highest BCUT2D eigenvalue weighted by Crippen LogP contribution is 2.29. The highest BCUT2D eigenvalue weighted by Gasteiger charge is 2.22. The van der Waals surface area contributed by atoms with Crippen molar-refractivity contribution in [1.29, 1.82) is 0 Å². The fourth-order valence-electron chi connectivity index (χ4n) is 2.48. The quantitative estimate of drug-likeness (QED) is 0.700. The molecule has 0 radical (unpaired) electrons. The molecule has 0 unspecified atom stereocenters. The van der Waals surface area contributed by atoms with E-state index in [-0.39, 0.29) is 11.9 Å². The second-order valence-electron chi connectivity index (χ2n) is 5.12. The van der Waals surface area contributed by atoms with Crippen LogP contribution in [-0.4, -0.2) is 26.5 Å². The van der Waals surface area contributed by atoms with E-state index < -0.39 is 0 Å². The smallest absolute Gasteiger partial charge is 0.138 e. The molecule has 2 aromatic heterocycles. The first kappa shape index (κ1) is 16.0. The molecule has 0 spiro atoms. The number of benzene rings is 1. The zero-order valence-electron chi connectivity index (χ0n) is 12.4. The lowest BCUT2D eigenvalue weighted by Crippen LogP contribution is -2.26. The molecule has 0 saturated heterocycles. The number of halogens is 2. The number of hydrogen-bond donors (Lipinski definition) is 0. The summed E-state index contributed by atoms with van der Waals surface area (Å²) in [6, 6.07) is 12.0. The van der Waals surface area contributed by atoms with Crippen molar-refractivity contribution in [2.75, 3.05) is 7.05 Å². The summed E-state index contributed by atoms with van der Waals surface area (Å²) in [5.41, 5.74) is 2.36. The molecule has 0 bridgehead atoms. The van der Waals surface area contributed by atoms with Gasteiger partial charge in [0.25, 0.3) is 0 Å². The third-order valence-corrected chi connectivity index (χ3v) is 4.47. The Balaban J connectivity index is 1.96. The molecule has 7 heteroatoms. The van der Waals surface area contributed by atoms with Crippen molar-refractivity contribution in [3.63, 3.8) is 0 Å². The standard InChI is InChI=1S/C16H14ClFN4S/c1-22(10-14-16(17)23-21-20-14)15(13-7-2-3-8-19-13)11-5-4-6-12(18)9-11/h2-9,15H,10H2,1H3/t15-/m1/s1. The topological polar surface area (TPSA) is 41.9 Å². The molecular weight excluding hydrogens is 335 g/mol. The van der Waals surface area contributed by atoms with Crippen molar-refractivity contribution in [2.45, 2.75) is 12.6 Å². The van der Waals surface area contributed by atoms with Crippen LogP contribution in [0.2, 0.25) is 4.34 Å². The predicted molar refractivity (Wildman–Crippen MR) is 88.9 cm³/mol. The second kappa shape index (κ2) is 7.12. The summed E-state index contributed by atoms with van der Waals surface area (Å²) >= 11 is 7.25. The minimum atomic E-state index is -0.273. The average Bonchev–Trinajstić information content (AvgIpc) is 2.94. The van der Waals surface area contributed by atoms with Crippen molar-refractivity contribution in [3.05, 3.63) is 75.8 Å². The molecule has 3 rings (SSSR count). The van der Waals surface area contributed by atoms with E-state index >= 15 is 0 Å². The highest BCUT2D eigenvalue weighted by molar-refractivity contribution is 7.10. The SMILES string of the molecule is CN(Cc1nnsc1Cl)[C@H](c1cccc(F)c1)c1ccccn1. The Morgan fingerprint density at radius 1 is 1.26 bits per heavy atom. The minimum Gasteiger partial charge on any atom is -0.288 e. The lowest BCUT2D eigenvalue weighted by molar-refractivity contribution is 0.262. The molecule has 1 aromatic carbocycles.